The standard InChI is InChI=1S/C15H22O5/c1-13(2)17-9-15(20-13)7-5-10(6-8-16)11-12(15)19-14(3,4)18-11/h5-7,11-12,16H,8-9H2,1-4H3/b10-6+/t11-,12-,15+/m0/s1. The molecule has 112 valence electrons. The number of ether oxygens (including phenoxy) is 4. The molecule has 3 atom stereocenters. The minimum Gasteiger partial charge on any atom is -0.392 e. The van der Waals surface area contributed by atoms with Crippen LogP contribution in [-0.4, -0.2) is 47.7 Å². The van der Waals surface area contributed by atoms with Crippen LogP contribution in [-0.2, 0) is 18.9 Å². The molecule has 5 heteroatoms. The zero-order valence-electron chi connectivity index (χ0n) is 12.4. The van der Waals surface area contributed by atoms with E-state index in [1.807, 2.05) is 39.8 Å². The SMILES string of the molecule is CC1(C)O[C@H]2/C(=C/CO)C=C[C@@]3(COC(C)(C)O3)[C@H]2O1. The molecule has 1 spiro atoms. The second-order valence-electron chi connectivity index (χ2n) is 6.44. The predicted octanol–water partition coefficient (Wildman–Crippen LogP) is 1.52. The summed E-state index contributed by atoms with van der Waals surface area (Å²) in [4.78, 5) is 0. The van der Waals surface area contributed by atoms with Crippen LogP contribution in [0.5, 0.6) is 0 Å². The van der Waals surface area contributed by atoms with Crippen molar-refractivity contribution in [3.63, 3.8) is 0 Å². The predicted molar refractivity (Wildman–Crippen MR) is 72.0 cm³/mol. The Morgan fingerprint density at radius 2 is 2.00 bits per heavy atom. The molecule has 0 bridgehead atoms. The molecule has 0 radical (unpaired) electrons. The largest absolute Gasteiger partial charge is 0.392 e. The van der Waals surface area contributed by atoms with E-state index in [-0.39, 0.29) is 18.8 Å². The lowest BCUT2D eigenvalue weighted by molar-refractivity contribution is -0.192. The monoisotopic (exact) mass is 282 g/mol. The van der Waals surface area contributed by atoms with Gasteiger partial charge in [0.2, 0.25) is 0 Å². The Hall–Kier alpha value is -0.720. The van der Waals surface area contributed by atoms with Gasteiger partial charge in [0.05, 0.1) is 13.2 Å². The molecule has 0 aromatic rings. The minimum absolute atomic E-state index is 0.0253. The van der Waals surface area contributed by atoms with Crippen molar-refractivity contribution in [2.24, 2.45) is 0 Å². The van der Waals surface area contributed by atoms with Gasteiger partial charge in [-0.15, -0.1) is 0 Å². The van der Waals surface area contributed by atoms with Crippen LogP contribution in [0.2, 0.25) is 0 Å². The van der Waals surface area contributed by atoms with Gasteiger partial charge in [-0.3, -0.25) is 0 Å². The number of hydrogen-bond donors (Lipinski definition) is 1. The number of aliphatic hydroxyl groups excluding tert-OH is 1. The fourth-order valence-corrected chi connectivity index (χ4v) is 3.10. The Kier molecular flexibility index (Phi) is 3.12. The summed E-state index contributed by atoms with van der Waals surface area (Å²) in [7, 11) is 0. The second-order valence-corrected chi connectivity index (χ2v) is 6.44. The van der Waals surface area contributed by atoms with Gasteiger partial charge < -0.3 is 24.1 Å². The van der Waals surface area contributed by atoms with Crippen molar-refractivity contribution in [1.29, 1.82) is 0 Å². The fourth-order valence-electron chi connectivity index (χ4n) is 3.10. The van der Waals surface area contributed by atoms with E-state index in [1.165, 1.54) is 0 Å². The van der Waals surface area contributed by atoms with E-state index in [1.54, 1.807) is 6.08 Å². The molecule has 2 fully saturated rings. The Balaban J connectivity index is 1.98. The number of rotatable bonds is 1. The molecular weight excluding hydrogens is 260 g/mol. The van der Waals surface area contributed by atoms with Crippen LogP contribution < -0.4 is 0 Å². The van der Waals surface area contributed by atoms with Gasteiger partial charge in [0.1, 0.15) is 17.8 Å². The van der Waals surface area contributed by atoms with Crippen LogP contribution >= 0.6 is 0 Å². The van der Waals surface area contributed by atoms with Gasteiger partial charge in [-0.1, -0.05) is 12.2 Å². The van der Waals surface area contributed by atoms with Crippen LogP contribution in [0.15, 0.2) is 23.8 Å². The van der Waals surface area contributed by atoms with E-state index in [0.717, 1.165) is 5.57 Å². The van der Waals surface area contributed by atoms with Crippen molar-refractivity contribution in [2.45, 2.75) is 57.1 Å². The van der Waals surface area contributed by atoms with Crippen LogP contribution in [0.3, 0.4) is 0 Å². The third-order valence-electron chi connectivity index (χ3n) is 3.87. The van der Waals surface area contributed by atoms with E-state index < -0.39 is 17.2 Å². The molecule has 2 aliphatic heterocycles. The Morgan fingerprint density at radius 1 is 1.25 bits per heavy atom. The quantitative estimate of drug-likeness (QED) is 0.790. The van der Waals surface area contributed by atoms with Crippen LogP contribution in [0.1, 0.15) is 27.7 Å². The molecule has 2 heterocycles. The third-order valence-corrected chi connectivity index (χ3v) is 3.87. The second kappa shape index (κ2) is 4.39. The number of fused-ring (bicyclic) bond motifs is 2. The van der Waals surface area contributed by atoms with Gasteiger partial charge in [-0.2, -0.15) is 0 Å². The average molecular weight is 282 g/mol. The highest BCUT2D eigenvalue weighted by Crippen LogP contribution is 2.47. The first-order valence-corrected chi connectivity index (χ1v) is 6.97. The first-order chi connectivity index (χ1) is 9.27. The van der Waals surface area contributed by atoms with E-state index in [9.17, 15) is 0 Å². The summed E-state index contributed by atoms with van der Waals surface area (Å²) < 4.78 is 23.9. The van der Waals surface area contributed by atoms with E-state index in [2.05, 4.69) is 0 Å². The summed E-state index contributed by atoms with van der Waals surface area (Å²) in [6.45, 7) is 7.97. The van der Waals surface area contributed by atoms with Crippen molar-refractivity contribution >= 4 is 0 Å². The lowest BCUT2D eigenvalue weighted by atomic mass is 9.83. The van der Waals surface area contributed by atoms with Crippen molar-refractivity contribution in [3.8, 4) is 0 Å². The normalized spacial score (nSPS) is 43.4. The van der Waals surface area contributed by atoms with Crippen LogP contribution in [0.25, 0.3) is 0 Å². The molecule has 0 aromatic carbocycles. The van der Waals surface area contributed by atoms with Gasteiger partial charge >= 0.3 is 0 Å². The Morgan fingerprint density at radius 3 is 2.60 bits per heavy atom. The average Bonchev–Trinajstić information content (AvgIpc) is 2.82. The minimum atomic E-state index is -0.682. The van der Waals surface area contributed by atoms with Gasteiger partial charge in [0.25, 0.3) is 0 Å². The zero-order valence-corrected chi connectivity index (χ0v) is 12.4. The molecule has 1 N–H and O–H groups in total. The lowest BCUT2D eigenvalue weighted by Gasteiger charge is -2.37. The summed E-state index contributed by atoms with van der Waals surface area (Å²) in [5, 5.41) is 9.15. The summed E-state index contributed by atoms with van der Waals surface area (Å²) in [6, 6.07) is 0. The summed E-state index contributed by atoms with van der Waals surface area (Å²) >= 11 is 0. The molecule has 0 amide bonds. The highest BCUT2D eigenvalue weighted by molar-refractivity contribution is 5.36. The van der Waals surface area contributed by atoms with Crippen molar-refractivity contribution in [2.75, 3.05) is 13.2 Å². The zero-order chi connectivity index (χ0) is 14.6. The Bertz CT molecular complexity index is 465. The molecular formula is C15H22O5. The van der Waals surface area contributed by atoms with Crippen LogP contribution in [0.4, 0.5) is 0 Å². The maximum absolute atomic E-state index is 9.15. The summed E-state index contributed by atoms with van der Waals surface area (Å²) in [5.74, 6) is -1.32. The molecule has 3 aliphatic rings. The molecule has 2 saturated heterocycles. The van der Waals surface area contributed by atoms with E-state index in [4.69, 9.17) is 24.1 Å². The number of aliphatic hydroxyl groups is 1. The summed E-state index contributed by atoms with van der Waals surface area (Å²) in [6.07, 6.45) is 5.12. The van der Waals surface area contributed by atoms with E-state index in [0.29, 0.717) is 6.61 Å². The lowest BCUT2D eigenvalue weighted by Crippen LogP contribution is -2.52. The van der Waals surface area contributed by atoms with Crippen molar-refractivity contribution in [1.82, 2.24) is 0 Å². The van der Waals surface area contributed by atoms with Gasteiger partial charge in [0.15, 0.2) is 11.6 Å². The number of hydrogen-bond acceptors (Lipinski definition) is 5. The third kappa shape index (κ3) is 2.23. The molecule has 5 nitrogen and oxygen atoms in total. The molecule has 0 saturated carbocycles. The smallest absolute Gasteiger partial charge is 0.164 e. The fraction of sp³-hybridized carbons (Fsp3) is 0.733. The van der Waals surface area contributed by atoms with Gasteiger partial charge in [-0.25, -0.2) is 0 Å². The van der Waals surface area contributed by atoms with Crippen LogP contribution in [0, 0.1) is 0 Å². The highest BCUT2D eigenvalue weighted by Gasteiger charge is 2.59. The molecule has 0 aromatic heterocycles. The van der Waals surface area contributed by atoms with Gasteiger partial charge in [-0.05, 0) is 39.3 Å². The molecule has 3 rings (SSSR count). The first-order valence-electron chi connectivity index (χ1n) is 6.97. The van der Waals surface area contributed by atoms with Crippen molar-refractivity contribution in [3.05, 3.63) is 23.8 Å². The molecule has 1 aliphatic carbocycles. The van der Waals surface area contributed by atoms with Gasteiger partial charge in [0, 0.05) is 0 Å². The van der Waals surface area contributed by atoms with Crippen molar-refractivity contribution < 1.29 is 24.1 Å². The first kappa shape index (κ1) is 14.2. The molecule has 0 unspecified atom stereocenters. The topological polar surface area (TPSA) is 57.2 Å². The highest BCUT2D eigenvalue weighted by atomic mass is 16.8. The maximum Gasteiger partial charge on any atom is 0.164 e. The summed E-state index contributed by atoms with van der Waals surface area (Å²) in [5.41, 5.74) is 0.288. The maximum atomic E-state index is 9.15. The van der Waals surface area contributed by atoms with E-state index >= 15 is 0 Å². The molecule has 20 heavy (non-hydrogen) atoms. The Labute approximate surface area is 119 Å².